The van der Waals surface area contributed by atoms with E-state index < -0.39 is 9.84 Å². The van der Waals surface area contributed by atoms with Gasteiger partial charge in [-0.15, -0.1) is 24.0 Å². The predicted octanol–water partition coefficient (Wildman–Crippen LogP) is 1.64. The molecule has 152 valence electrons. The fraction of sp³-hybridized carbons (Fsp3) is 0.556. The van der Waals surface area contributed by atoms with Crippen molar-refractivity contribution >= 4 is 45.7 Å². The Morgan fingerprint density at radius 2 is 1.85 bits per heavy atom. The first kappa shape index (κ1) is 23.7. The molecule has 2 N–H and O–H groups in total. The number of aliphatic imine (C=N–C) groups is 1. The van der Waals surface area contributed by atoms with E-state index in [2.05, 4.69) is 15.6 Å². The molecule has 1 unspecified atom stereocenters. The van der Waals surface area contributed by atoms with Gasteiger partial charge in [-0.05, 0) is 38.0 Å². The fourth-order valence-corrected chi connectivity index (χ4v) is 4.61. The van der Waals surface area contributed by atoms with Gasteiger partial charge in [0.2, 0.25) is 0 Å². The van der Waals surface area contributed by atoms with E-state index >= 15 is 0 Å². The molecule has 7 nitrogen and oxygen atoms in total. The van der Waals surface area contributed by atoms with Crippen molar-refractivity contribution < 1.29 is 13.2 Å². The Morgan fingerprint density at radius 3 is 2.33 bits per heavy atom. The Balaban J connectivity index is 0.00000364. The van der Waals surface area contributed by atoms with Gasteiger partial charge in [-0.2, -0.15) is 0 Å². The largest absolute Gasteiger partial charge is 0.353 e. The summed E-state index contributed by atoms with van der Waals surface area (Å²) in [5, 5.41) is 6.33. The molecule has 2 rings (SSSR count). The summed E-state index contributed by atoms with van der Waals surface area (Å²) < 4.78 is 23.1. The number of sulfone groups is 1. The van der Waals surface area contributed by atoms with Crippen LogP contribution in [0, 0.1) is 0 Å². The van der Waals surface area contributed by atoms with Gasteiger partial charge < -0.3 is 15.5 Å². The van der Waals surface area contributed by atoms with Crippen LogP contribution in [0.25, 0.3) is 0 Å². The quantitative estimate of drug-likeness (QED) is 0.347. The van der Waals surface area contributed by atoms with Gasteiger partial charge in [-0.1, -0.05) is 12.1 Å². The number of carbonyl (C=O) groups excluding carboxylic acids is 1. The molecule has 1 aromatic carbocycles. The highest BCUT2D eigenvalue weighted by molar-refractivity contribution is 14.0. The molecule has 0 radical (unpaired) electrons. The van der Waals surface area contributed by atoms with Gasteiger partial charge in [0.05, 0.1) is 11.5 Å². The van der Waals surface area contributed by atoms with Gasteiger partial charge in [0.15, 0.2) is 15.8 Å². The van der Waals surface area contributed by atoms with Crippen LogP contribution in [-0.2, 0) is 16.4 Å². The lowest BCUT2D eigenvalue weighted by molar-refractivity contribution is 0.0773. The second-order valence-electron chi connectivity index (χ2n) is 6.34. The summed E-state index contributed by atoms with van der Waals surface area (Å²) in [5.74, 6) is 0.990. The summed E-state index contributed by atoms with van der Waals surface area (Å²) in [6.07, 6.45) is 0.602. The number of hydrogen-bond donors (Lipinski definition) is 2. The molecular formula is C18H29IN4O3S. The van der Waals surface area contributed by atoms with Crippen LogP contribution in [0.5, 0.6) is 0 Å². The molecule has 1 saturated heterocycles. The number of hydrogen-bond acceptors (Lipinski definition) is 4. The normalized spacial score (nSPS) is 18.5. The summed E-state index contributed by atoms with van der Waals surface area (Å²) in [5.41, 5.74) is 1.69. The SMILES string of the molecule is CCN(CC)C(=O)c1ccc(CNC(=NC)NC2CCS(=O)(=O)C2)cc1.I. The van der Waals surface area contributed by atoms with Crippen molar-refractivity contribution in [1.29, 1.82) is 0 Å². The molecule has 1 heterocycles. The monoisotopic (exact) mass is 508 g/mol. The standard InChI is InChI=1S/C18H28N4O3S.HI/c1-4-22(5-2)17(23)15-8-6-14(7-9-15)12-20-18(19-3)21-16-10-11-26(24,25)13-16;/h6-9,16H,4-5,10-13H2,1-3H3,(H2,19,20,21);1H. The highest BCUT2D eigenvalue weighted by Crippen LogP contribution is 2.11. The topological polar surface area (TPSA) is 90.9 Å². The van der Waals surface area contributed by atoms with Crippen molar-refractivity contribution in [3.8, 4) is 0 Å². The highest BCUT2D eigenvalue weighted by atomic mass is 127. The van der Waals surface area contributed by atoms with E-state index in [1.54, 1.807) is 11.9 Å². The zero-order valence-electron chi connectivity index (χ0n) is 16.1. The first-order valence-electron chi connectivity index (χ1n) is 8.94. The molecule has 0 aliphatic carbocycles. The average Bonchev–Trinajstić information content (AvgIpc) is 2.98. The molecule has 1 aliphatic heterocycles. The summed E-state index contributed by atoms with van der Waals surface area (Å²) in [4.78, 5) is 18.2. The Bertz CT molecular complexity index is 746. The summed E-state index contributed by atoms with van der Waals surface area (Å²) in [6, 6.07) is 7.39. The van der Waals surface area contributed by atoms with E-state index in [-0.39, 0.29) is 47.4 Å². The summed E-state index contributed by atoms with van der Waals surface area (Å²) in [7, 11) is -1.26. The number of benzene rings is 1. The molecule has 9 heteroatoms. The molecule has 1 fully saturated rings. The van der Waals surface area contributed by atoms with Gasteiger partial charge >= 0.3 is 0 Å². The maximum atomic E-state index is 12.3. The molecule has 0 spiro atoms. The maximum absolute atomic E-state index is 12.3. The van der Waals surface area contributed by atoms with Crippen molar-refractivity contribution in [2.75, 3.05) is 31.6 Å². The number of rotatable bonds is 6. The van der Waals surface area contributed by atoms with Crippen LogP contribution < -0.4 is 10.6 Å². The van der Waals surface area contributed by atoms with Gasteiger partial charge in [0, 0.05) is 38.3 Å². The minimum atomic E-state index is -2.92. The van der Waals surface area contributed by atoms with Crippen LogP contribution in [0.3, 0.4) is 0 Å². The first-order valence-corrected chi connectivity index (χ1v) is 10.8. The van der Waals surface area contributed by atoms with E-state index in [0.29, 0.717) is 37.6 Å². The van der Waals surface area contributed by atoms with E-state index in [1.165, 1.54) is 0 Å². The van der Waals surface area contributed by atoms with Crippen LogP contribution >= 0.6 is 24.0 Å². The van der Waals surface area contributed by atoms with Gasteiger partial charge in [-0.25, -0.2) is 8.42 Å². The van der Waals surface area contributed by atoms with Crippen molar-refractivity contribution in [3.05, 3.63) is 35.4 Å². The lowest BCUT2D eigenvalue weighted by Gasteiger charge is -2.19. The number of halogens is 1. The number of nitrogens with one attached hydrogen (secondary N) is 2. The zero-order chi connectivity index (χ0) is 19.2. The van der Waals surface area contributed by atoms with Crippen molar-refractivity contribution in [1.82, 2.24) is 15.5 Å². The van der Waals surface area contributed by atoms with Gasteiger partial charge in [-0.3, -0.25) is 9.79 Å². The minimum Gasteiger partial charge on any atom is -0.353 e. The third-order valence-electron chi connectivity index (χ3n) is 4.51. The second kappa shape index (κ2) is 10.8. The van der Waals surface area contributed by atoms with Gasteiger partial charge in [0.25, 0.3) is 5.91 Å². The third-order valence-corrected chi connectivity index (χ3v) is 6.28. The van der Waals surface area contributed by atoms with Crippen LogP contribution in [-0.4, -0.2) is 62.9 Å². The number of amides is 1. The van der Waals surface area contributed by atoms with Crippen molar-refractivity contribution in [3.63, 3.8) is 0 Å². The van der Waals surface area contributed by atoms with Crippen LogP contribution in [0.1, 0.15) is 36.2 Å². The van der Waals surface area contributed by atoms with E-state index in [9.17, 15) is 13.2 Å². The summed E-state index contributed by atoms with van der Waals surface area (Å²) >= 11 is 0. The molecule has 0 bridgehead atoms. The van der Waals surface area contributed by atoms with E-state index in [0.717, 1.165) is 5.56 Å². The lowest BCUT2D eigenvalue weighted by Crippen LogP contribution is -2.43. The van der Waals surface area contributed by atoms with E-state index in [1.807, 2.05) is 38.1 Å². The number of nitrogens with zero attached hydrogens (tertiary/aromatic N) is 2. The Hall–Kier alpha value is -1.36. The zero-order valence-corrected chi connectivity index (χ0v) is 19.2. The number of guanidine groups is 1. The first-order chi connectivity index (χ1) is 12.4. The van der Waals surface area contributed by atoms with E-state index in [4.69, 9.17) is 0 Å². The number of carbonyl (C=O) groups is 1. The van der Waals surface area contributed by atoms with Crippen LogP contribution in [0.2, 0.25) is 0 Å². The fourth-order valence-electron chi connectivity index (χ4n) is 2.94. The Morgan fingerprint density at radius 1 is 1.22 bits per heavy atom. The van der Waals surface area contributed by atoms with Crippen molar-refractivity contribution in [2.45, 2.75) is 32.9 Å². The van der Waals surface area contributed by atoms with Crippen molar-refractivity contribution in [2.24, 2.45) is 4.99 Å². The molecule has 0 saturated carbocycles. The molecule has 1 amide bonds. The highest BCUT2D eigenvalue weighted by Gasteiger charge is 2.28. The third kappa shape index (κ3) is 6.95. The van der Waals surface area contributed by atoms with Gasteiger partial charge in [0.1, 0.15) is 0 Å². The molecule has 27 heavy (non-hydrogen) atoms. The molecule has 1 aliphatic rings. The maximum Gasteiger partial charge on any atom is 0.253 e. The summed E-state index contributed by atoms with van der Waals surface area (Å²) in [6.45, 7) is 5.86. The smallest absolute Gasteiger partial charge is 0.253 e. The minimum absolute atomic E-state index is 0. The Labute approximate surface area is 178 Å². The second-order valence-corrected chi connectivity index (χ2v) is 8.57. The predicted molar refractivity (Wildman–Crippen MR) is 120 cm³/mol. The Kier molecular flexibility index (Phi) is 9.51. The molecule has 1 aromatic rings. The van der Waals surface area contributed by atoms with Crippen LogP contribution in [0.15, 0.2) is 29.3 Å². The molecule has 1 atom stereocenters. The van der Waals surface area contributed by atoms with Crippen LogP contribution in [0.4, 0.5) is 0 Å². The average molecular weight is 508 g/mol. The molecule has 0 aromatic heterocycles. The lowest BCUT2D eigenvalue weighted by atomic mass is 10.1. The molecular weight excluding hydrogens is 479 g/mol.